The molecular formula is C27H33N5O4. The minimum absolute atomic E-state index is 0.0258. The van der Waals surface area contributed by atoms with E-state index in [1.54, 1.807) is 25.0 Å². The number of carbonyl (C=O) groups is 3. The van der Waals surface area contributed by atoms with Crippen LogP contribution in [0.4, 0.5) is 0 Å². The van der Waals surface area contributed by atoms with Crippen LogP contribution >= 0.6 is 0 Å². The first kappa shape index (κ1) is 24.2. The lowest BCUT2D eigenvalue weighted by Crippen LogP contribution is -2.52. The van der Waals surface area contributed by atoms with Gasteiger partial charge in [0, 0.05) is 36.0 Å². The number of amides is 3. The van der Waals surface area contributed by atoms with Gasteiger partial charge < -0.3 is 25.3 Å². The molecule has 1 aromatic carbocycles. The molecule has 5 rings (SSSR count). The molecule has 0 spiro atoms. The summed E-state index contributed by atoms with van der Waals surface area (Å²) in [6.45, 7) is 2.93. The average Bonchev–Trinajstić information content (AvgIpc) is 3.66. The SMILES string of the molecule is COc1cccc2[nH]c(C(=O)N3CC4CCCC4C3C(=O)NC(CC3CCNC3=O)C(C)C#N)cc12. The Morgan fingerprint density at radius 2 is 2.14 bits per heavy atom. The van der Waals surface area contributed by atoms with Crippen molar-refractivity contribution in [2.45, 2.75) is 51.1 Å². The molecule has 3 fully saturated rings. The van der Waals surface area contributed by atoms with Crippen LogP contribution in [0.2, 0.25) is 0 Å². The van der Waals surface area contributed by atoms with Crippen molar-refractivity contribution in [2.75, 3.05) is 20.2 Å². The fourth-order valence-electron chi connectivity index (χ4n) is 6.35. The third-order valence-corrected chi connectivity index (χ3v) is 8.33. The molecule has 2 aliphatic heterocycles. The van der Waals surface area contributed by atoms with E-state index >= 15 is 0 Å². The topological polar surface area (TPSA) is 127 Å². The number of hydrogen-bond acceptors (Lipinski definition) is 5. The lowest BCUT2D eigenvalue weighted by Gasteiger charge is -2.30. The van der Waals surface area contributed by atoms with Gasteiger partial charge in [-0.3, -0.25) is 14.4 Å². The second-order valence-electron chi connectivity index (χ2n) is 10.4. The monoisotopic (exact) mass is 491 g/mol. The fraction of sp³-hybridized carbons (Fsp3) is 0.556. The minimum Gasteiger partial charge on any atom is -0.496 e. The summed E-state index contributed by atoms with van der Waals surface area (Å²) in [4.78, 5) is 44.5. The van der Waals surface area contributed by atoms with Gasteiger partial charge in [-0.15, -0.1) is 0 Å². The number of ether oxygens (including phenoxy) is 1. The van der Waals surface area contributed by atoms with E-state index in [0.29, 0.717) is 37.4 Å². The van der Waals surface area contributed by atoms with Gasteiger partial charge in [-0.2, -0.15) is 5.26 Å². The first-order valence-corrected chi connectivity index (χ1v) is 12.9. The van der Waals surface area contributed by atoms with E-state index < -0.39 is 18.0 Å². The summed E-state index contributed by atoms with van der Waals surface area (Å²) in [7, 11) is 1.60. The smallest absolute Gasteiger partial charge is 0.271 e. The number of methoxy groups -OCH3 is 1. The van der Waals surface area contributed by atoms with Crippen LogP contribution in [0.25, 0.3) is 10.9 Å². The largest absolute Gasteiger partial charge is 0.496 e. The molecule has 3 aliphatic rings. The summed E-state index contributed by atoms with van der Waals surface area (Å²) in [5.41, 5.74) is 1.23. The van der Waals surface area contributed by atoms with Gasteiger partial charge in [0.2, 0.25) is 11.8 Å². The number of carbonyl (C=O) groups excluding carboxylic acids is 3. The highest BCUT2D eigenvalue weighted by Crippen LogP contribution is 2.43. The second-order valence-corrected chi connectivity index (χ2v) is 10.4. The summed E-state index contributed by atoms with van der Waals surface area (Å²) in [5, 5.41) is 16.3. The molecule has 0 radical (unpaired) electrons. The van der Waals surface area contributed by atoms with Crippen LogP contribution in [0, 0.1) is 35.0 Å². The molecule has 1 aromatic heterocycles. The van der Waals surface area contributed by atoms with Crippen molar-refractivity contribution in [3.05, 3.63) is 30.0 Å². The van der Waals surface area contributed by atoms with E-state index in [0.717, 1.165) is 30.2 Å². The molecule has 0 bridgehead atoms. The highest BCUT2D eigenvalue weighted by Gasteiger charge is 2.50. The molecule has 36 heavy (non-hydrogen) atoms. The number of aromatic amines is 1. The fourth-order valence-corrected chi connectivity index (χ4v) is 6.35. The number of aromatic nitrogens is 1. The zero-order chi connectivity index (χ0) is 25.4. The van der Waals surface area contributed by atoms with E-state index in [1.165, 1.54) is 0 Å². The summed E-state index contributed by atoms with van der Waals surface area (Å²) >= 11 is 0. The van der Waals surface area contributed by atoms with Crippen LogP contribution < -0.4 is 15.4 Å². The Kier molecular flexibility index (Phi) is 6.61. The summed E-state index contributed by atoms with van der Waals surface area (Å²) in [6.07, 6.45) is 4.06. The lowest BCUT2D eigenvalue weighted by atomic mass is 9.89. The van der Waals surface area contributed by atoms with Crippen LogP contribution in [0.1, 0.15) is 49.5 Å². The maximum absolute atomic E-state index is 13.7. The van der Waals surface area contributed by atoms with Crippen LogP contribution in [0.5, 0.6) is 5.75 Å². The van der Waals surface area contributed by atoms with Gasteiger partial charge in [-0.25, -0.2) is 0 Å². The lowest BCUT2D eigenvalue weighted by molar-refractivity contribution is -0.128. The quantitative estimate of drug-likeness (QED) is 0.549. The summed E-state index contributed by atoms with van der Waals surface area (Å²) in [6, 6.07) is 8.59. The van der Waals surface area contributed by atoms with E-state index in [4.69, 9.17) is 4.74 Å². The highest BCUT2D eigenvalue weighted by molar-refractivity contribution is 6.02. The summed E-state index contributed by atoms with van der Waals surface area (Å²) < 4.78 is 5.44. The number of rotatable bonds is 7. The first-order chi connectivity index (χ1) is 17.4. The number of nitrogens with one attached hydrogen (secondary N) is 3. The zero-order valence-electron chi connectivity index (χ0n) is 20.8. The maximum atomic E-state index is 13.7. The Hall–Kier alpha value is -3.54. The number of fused-ring (bicyclic) bond motifs is 2. The van der Waals surface area contributed by atoms with Crippen LogP contribution in [-0.2, 0) is 9.59 Å². The highest BCUT2D eigenvalue weighted by atomic mass is 16.5. The Labute approximate surface area is 210 Å². The molecule has 190 valence electrons. The van der Waals surface area contributed by atoms with Crippen molar-refractivity contribution in [1.29, 1.82) is 5.26 Å². The molecule has 9 heteroatoms. The van der Waals surface area contributed by atoms with Gasteiger partial charge in [0.05, 0.1) is 19.1 Å². The number of likely N-dealkylation sites (tertiary alicyclic amines) is 1. The van der Waals surface area contributed by atoms with Crippen molar-refractivity contribution >= 4 is 28.6 Å². The number of nitriles is 1. The van der Waals surface area contributed by atoms with E-state index in [9.17, 15) is 19.6 Å². The number of H-pyrrole nitrogens is 1. The van der Waals surface area contributed by atoms with Gasteiger partial charge >= 0.3 is 0 Å². The first-order valence-electron chi connectivity index (χ1n) is 12.9. The Bertz CT molecular complexity index is 1220. The molecule has 3 heterocycles. The van der Waals surface area contributed by atoms with Crippen LogP contribution in [-0.4, -0.2) is 59.9 Å². The number of nitrogens with zero attached hydrogens (tertiary/aromatic N) is 2. The Morgan fingerprint density at radius 3 is 2.86 bits per heavy atom. The Balaban J connectivity index is 1.39. The van der Waals surface area contributed by atoms with Crippen LogP contribution in [0.15, 0.2) is 24.3 Å². The van der Waals surface area contributed by atoms with Gasteiger partial charge in [-0.05, 0) is 62.6 Å². The molecule has 1 aliphatic carbocycles. The maximum Gasteiger partial charge on any atom is 0.271 e. The third kappa shape index (κ3) is 4.29. The predicted octanol–water partition coefficient (Wildman–Crippen LogP) is 2.59. The van der Waals surface area contributed by atoms with E-state index in [2.05, 4.69) is 21.7 Å². The van der Waals surface area contributed by atoms with Gasteiger partial charge in [0.25, 0.3) is 5.91 Å². The molecule has 1 saturated carbocycles. The van der Waals surface area contributed by atoms with E-state index in [-0.39, 0.29) is 35.5 Å². The van der Waals surface area contributed by atoms with E-state index in [1.807, 2.05) is 18.2 Å². The van der Waals surface area contributed by atoms with Crippen molar-refractivity contribution < 1.29 is 19.1 Å². The average molecular weight is 492 g/mol. The number of benzene rings is 1. The van der Waals surface area contributed by atoms with Crippen LogP contribution in [0.3, 0.4) is 0 Å². The molecule has 2 saturated heterocycles. The van der Waals surface area contributed by atoms with Gasteiger partial charge in [0.15, 0.2) is 0 Å². The van der Waals surface area contributed by atoms with Gasteiger partial charge in [0.1, 0.15) is 17.5 Å². The number of hydrogen-bond donors (Lipinski definition) is 3. The van der Waals surface area contributed by atoms with Crippen molar-refractivity contribution in [3.8, 4) is 11.8 Å². The molecule has 6 atom stereocenters. The minimum atomic E-state index is -0.593. The normalized spacial score (nSPS) is 26.8. The van der Waals surface area contributed by atoms with Crippen molar-refractivity contribution in [2.24, 2.45) is 23.7 Å². The Morgan fingerprint density at radius 1 is 1.31 bits per heavy atom. The molecular weight excluding hydrogens is 458 g/mol. The van der Waals surface area contributed by atoms with Gasteiger partial charge in [-0.1, -0.05) is 12.5 Å². The van der Waals surface area contributed by atoms with Crippen molar-refractivity contribution in [3.63, 3.8) is 0 Å². The molecule has 9 nitrogen and oxygen atoms in total. The molecule has 6 unspecified atom stereocenters. The predicted molar refractivity (Wildman–Crippen MR) is 133 cm³/mol. The molecule has 3 N–H and O–H groups in total. The standard InChI is InChI=1S/C27H33N5O4/c1-15(13-28)21(11-16-9-10-29-25(16)33)31-26(34)24-18-6-3-5-17(18)14-32(24)27(35)22-12-19-20(30-22)7-4-8-23(19)36-2/h4,7-8,12,15-18,21,24,30H,3,5-6,9-11,14H2,1-2H3,(H,29,33)(H,31,34). The molecule has 2 aromatic rings. The van der Waals surface area contributed by atoms with Crippen molar-refractivity contribution in [1.82, 2.24) is 20.5 Å². The third-order valence-electron chi connectivity index (χ3n) is 8.33. The zero-order valence-corrected chi connectivity index (χ0v) is 20.8. The molecule has 3 amide bonds. The second kappa shape index (κ2) is 9.84. The summed E-state index contributed by atoms with van der Waals surface area (Å²) in [5.74, 6) is -0.0557.